The van der Waals surface area contributed by atoms with E-state index in [2.05, 4.69) is 114 Å². The fraction of sp³-hybridized carbons (Fsp3) is 0.0732. The average Bonchev–Trinajstić information content (AvgIpc) is 3.12. The van der Waals surface area contributed by atoms with Gasteiger partial charge in [-0.25, -0.2) is 5.01 Å². The molecule has 0 aliphatic carbocycles. The molecule has 0 aliphatic rings. The fourth-order valence-corrected chi connectivity index (χ4v) is 4.68. The summed E-state index contributed by atoms with van der Waals surface area (Å²) in [6, 6.07) is 61.8. The molecule has 4 nitrogen and oxygen atoms in total. The molecule has 4 heteroatoms. The SMILES string of the molecule is C(Cc1ccccc1)=NN(Cc1ccccc1)c1ccccc1.C(Cc1ccccc1)=NN(c1ccccc1)c1ccccc1. The van der Waals surface area contributed by atoms with Crippen LogP contribution in [0.15, 0.2) is 192 Å². The first-order valence-electron chi connectivity index (χ1n) is 15.2. The molecule has 0 N–H and O–H groups in total. The van der Waals surface area contributed by atoms with Gasteiger partial charge in [-0.2, -0.15) is 10.2 Å². The Morgan fingerprint density at radius 2 is 0.689 bits per heavy atom. The summed E-state index contributed by atoms with van der Waals surface area (Å²) < 4.78 is 0. The highest BCUT2D eigenvalue weighted by atomic mass is 15.5. The van der Waals surface area contributed by atoms with Gasteiger partial charge in [0.25, 0.3) is 0 Å². The first-order chi connectivity index (χ1) is 22.3. The third-order valence-corrected chi connectivity index (χ3v) is 6.99. The van der Waals surface area contributed by atoms with Crippen molar-refractivity contribution in [3.8, 4) is 0 Å². The van der Waals surface area contributed by atoms with E-state index in [0.29, 0.717) is 0 Å². The first-order valence-corrected chi connectivity index (χ1v) is 15.2. The van der Waals surface area contributed by atoms with Crippen LogP contribution in [0.2, 0.25) is 0 Å². The normalized spacial score (nSPS) is 10.8. The smallest absolute Gasteiger partial charge is 0.0666 e. The summed E-state index contributed by atoms with van der Waals surface area (Å²) in [6.07, 6.45) is 5.58. The fourth-order valence-electron chi connectivity index (χ4n) is 4.68. The molecule has 0 unspecified atom stereocenters. The van der Waals surface area contributed by atoms with E-state index in [1.165, 1.54) is 16.7 Å². The van der Waals surface area contributed by atoms with Crippen molar-refractivity contribution in [1.82, 2.24) is 0 Å². The molecule has 0 radical (unpaired) electrons. The van der Waals surface area contributed by atoms with E-state index in [-0.39, 0.29) is 0 Å². The third kappa shape index (κ3) is 10.2. The third-order valence-electron chi connectivity index (χ3n) is 6.99. The van der Waals surface area contributed by atoms with Crippen molar-refractivity contribution in [2.24, 2.45) is 10.2 Å². The summed E-state index contributed by atoms with van der Waals surface area (Å²) >= 11 is 0. The summed E-state index contributed by atoms with van der Waals surface area (Å²) in [4.78, 5) is 0. The maximum atomic E-state index is 4.69. The highest BCUT2D eigenvalue weighted by Crippen LogP contribution is 2.25. The van der Waals surface area contributed by atoms with Gasteiger partial charge in [-0.05, 0) is 53.1 Å². The van der Waals surface area contributed by atoms with Crippen LogP contribution in [0.3, 0.4) is 0 Å². The topological polar surface area (TPSA) is 31.2 Å². The van der Waals surface area contributed by atoms with Gasteiger partial charge in [-0.1, -0.05) is 146 Å². The minimum absolute atomic E-state index is 0.760. The lowest BCUT2D eigenvalue weighted by molar-refractivity contribution is 0.856. The van der Waals surface area contributed by atoms with Crippen molar-refractivity contribution in [2.45, 2.75) is 19.4 Å². The van der Waals surface area contributed by atoms with E-state index in [4.69, 9.17) is 5.10 Å². The molecule has 6 aromatic carbocycles. The minimum Gasteiger partial charge on any atom is -0.261 e. The lowest BCUT2D eigenvalue weighted by Crippen LogP contribution is -2.16. The molecule has 6 rings (SSSR count). The Balaban J connectivity index is 0.000000178. The average molecular weight is 587 g/mol. The molecule has 0 saturated heterocycles. The molecular weight excluding hydrogens is 548 g/mol. The Bertz CT molecular complexity index is 1650. The van der Waals surface area contributed by atoms with Gasteiger partial charge < -0.3 is 0 Å². The van der Waals surface area contributed by atoms with E-state index in [1.807, 2.05) is 95.2 Å². The second-order valence-corrected chi connectivity index (χ2v) is 10.3. The molecule has 6 aromatic rings. The molecule has 0 fully saturated rings. The Kier molecular flexibility index (Phi) is 11.9. The highest BCUT2D eigenvalue weighted by molar-refractivity contribution is 5.69. The van der Waals surface area contributed by atoms with Crippen LogP contribution >= 0.6 is 0 Å². The molecule has 0 spiro atoms. The summed E-state index contributed by atoms with van der Waals surface area (Å²) in [5.74, 6) is 0. The molecular formula is C41H38N4. The van der Waals surface area contributed by atoms with Crippen LogP contribution in [0.4, 0.5) is 17.1 Å². The molecule has 0 atom stereocenters. The van der Waals surface area contributed by atoms with E-state index in [1.54, 1.807) is 0 Å². The number of hydrazone groups is 2. The van der Waals surface area contributed by atoms with Gasteiger partial charge in [0.05, 0.1) is 23.6 Å². The molecule has 0 aliphatic heterocycles. The Hall–Kier alpha value is -5.74. The van der Waals surface area contributed by atoms with Gasteiger partial charge in [0.1, 0.15) is 0 Å². The Morgan fingerprint density at radius 1 is 0.356 bits per heavy atom. The van der Waals surface area contributed by atoms with E-state index in [0.717, 1.165) is 36.4 Å². The van der Waals surface area contributed by atoms with Crippen molar-refractivity contribution < 1.29 is 0 Å². The Morgan fingerprint density at radius 3 is 1.11 bits per heavy atom. The number of hydrogen-bond acceptors (Lipinski definition) is 4. The predicted octanol–water partition coefficient (Wildman–Crippen LogP) is 9.97. The van der Waals surface area contributed by atoms with Crippen molar-refractivity contribution in [2.75, 3.05) is 10.0 Å². The zero-order chi connectivity index (χ0) is 30.8. The lowest BCUT2D eigenvalue weighted by atomic mass is 10.2. The van der Waals surface area contributed by atoms with Gasteiger partial charge in [0.15, 0.2) is 0 Å². The second-order valence-electron chi connectivity index (χ2n) is 10.3. The van der Waals surface area contributed by atoms with Crippen molar-refractivity contribution in [1.29, 1.82) is 0 Å². The monoisotopic (exact) mass is 586 g/mol. The molecule has 0 amide bonds. The number of benzene rings is 6. The van der Waals surface area contributed by atoms with Gasteiger partial charge in [0.2, 0.25) is 0 Å². The van der Waals surface area contributed by atoms with E-state index >= 15 is 0 Å². The highest BCUT2D eigenvalue weighted by Gasteiger charge is 2.06. The first kappa shape index (κ1) is 30.7. The molecule has 0 bridgehead atoms. The predicted molar refractivity (Wildman–Crippen MR) is 191 cm³/mol. The van der Waals surface area contributed by atoms with Crippen LogP contribution in [-0.4, -0.2) is 12.4 Å². The molecule has 45 heavy (non-hydrogen) atoms. The number of rotatable bonds is 11. The van der Waals surface area contributed by atoms with Crippen LogP contribution in [0.25, 0.3) is 0 Å². The summed E-state index contributed by atoms with van der Waals surface area (Å²) in [5.41, 5.74) is 6.97. The maximum absolute atomic E-state index is 4.69. The summed E-state index contributed by atoms with van der Waals surface area (Å²) in [5, 5.41) is 13.4. The van der Waals surface area contributed by atoms with Crippen molar-refractivity contribution in [3.63, 3.8) is 0 Å². The minimum atomic E-state index is 0.760. The maximum Gasteiger partial charge on any atom is 0.0666 e. The van der Waals surface area contributed by atoms with Crippen LogP contribution in [-0.2, 0) is 19.4 Å². The molecule has 0 saturated carbocycles. The van der Waals surface area contributed by atoms with Crippen molar-refractivity contribution >= 4 is 29.5 Å². The number of anilines is 3. The molecule has 222 valence electrons. The lowest BCUT2D eigenvalue weighted by Gasteiger charge is -2.19. The van der Waals surface area contributed by atoms with Gasteiger partial charge in [-0.15, -0.1) is 0 Å². The van der Waals surface area contributed by atoms with Crippen molar-refractivity contribution in [3.05, 3.63) is 199 Å². The van der Waals surface area contributed by atoms with Crippen LogP contribution < -0.4 is 10.0 Å². The number of nitrogens with zero attached hydrogens (tertiary/aromatic N) is 4. The zero-order valence-corrected chi connectivity index (χ0v) is 25.4. The van der Waals surface area contributed by atoms with Gasteiger partial charge >= 0.3 is 0 Å². The van der Waals surface area contributed by atoms with Gasteiger partial charge in [0, 0.05) is 25.3 Å². The van der Waals surface area contributed by atoms with E-state index < -0.39 is 0 Å². The summed E-state index contributed by atoms with van der Waals surface area (Å²) in [7, 11) is 0. The van der Waals surface area contributed by atoms with Crippen LogP contribution in [0.5, 0.6) is 0 Å². The van der Waals surface area contributed by atoms with Crippen LogP contribution in [0, 0.1) is 0 Å². The van der Waals surface area contributed by atoms with Crippen LogP contribution in [0.1, 0.15) is 16.7 Å². The second kappa shape index (κ2) is 17.4. The number of hydrogen-bond donors (Lipinski definition) is 0. The zero-order valence-electron chi connectivity index (χ0n) is 25.4. The largest absolute Gasteiger partial charge is 0.261 e. The standard InChI is InChI=1S/C21H20N2.C20H18N2/c1-4-10-19(11-5-1)16-17-22-23(21-14-8-3-9-15-21)18-20-12-6-2-7-13-20;1-4-10-18(11-5-1)16-17-21-22(19-12-6-2-7-13-19)20-14-8-3-9-15-20/h1-15,17H,16,18H2;1-15,17H,16H2. The Labute approximate surface area is 267 Å². The molecule has 0 aromatic heterocycles. The summed E-state index contributed by atoms with van der Waals surface area (Å²) in [6.45, 7) is 0.760. The molecule has 0 heterocycles. The van der Waals surface area contributed by atoms with E-state index in [9.17, 15) is 0 Å². The quantitative estimate of drug-likeness (QED) is 0.112. The number of para-hydroxylation sites is 3. The van der Waals surface area contributed by atoms with Gasteiger partial charge in [-0.3, -0.25) is 5.01 Å².